The lowest BCUT2D eigenvalue weighted by atomic mass is 10.1. The Morgan fingerprint density at radius 3 is 2.14 bits per heavy atom. The summed E-state index contributed by atoms with van der Waals surface area (Å²) in [7, 11) is 0. The van der Waals surface area contributed by atoms with Gasteiger partial charge in [-0.05, 0) is 23.8 Å². The molecule has 6 heteroatoms. The van der Waals surface area contributed by atoms with E-state index in [0.29, 0.717) is 5.82 Å². The van der Waals surface area contributed by atoms with Crippen LogP contribution >= 0.6 is 0 Å². The molecule has 0 radical (unpaired) electrons. The lowest BCUT2D eigenvalue weighted by molar-refractivity contribution is -0.137. The van der Waals surface area contributed by atoms with Crippen LogP contribution in [0.4, 0.5) is 13.2 Å². The minimum atomic E-state index is -4.52. The van der Waals surface area contributed by atoms with Crippen LogP contribution in [0.2, 0.25) is 0 Å². The van der Waals surface area contributed by atoms with E-state index < -0.39 is 17.3 Å². The topological polar surface area (TPSA) is 34.9 Å². The highest BCUT2D eigenvalue weighted by atomic mass is 19.4. The Hall–Kier alpha value is -3.41. The summed E-state index contributed by atoms with van der Waals surface area (Å²) in [5, 5.41) is -0.0505. The van der Waals surface area contributed by atoms with Crippen LogP contribution < -0.4 is 5.56 Å². The van der Waals surface area contributed by atoms with Crippen molar-refractivity contribution in [1.29, 1.82) is 0 Å². The fourth-order valence-electron chi connectivity index (χ4n) is 3.12. The van der Waals surface area contributed by atoms with Gasteiger partial charge in [0.25, 0.3) is 5.56 Å². The standard InChI is InChI=1S/C22H15F3N2O/c23-22(24,25)17-11-12-19-18(13-17)21(28)27(14-15-7-3-1-4-8-15)20(26-19)16-9-5-2-6-10-16/h1-13H,14H2. The van der Waals surface area contributed by atoms with Gasteiger partial charge in [-0.15, -0.1) is 0 Å². The van der Waals surface area contributed by atoms with Crippen molar-refractivity contribution in [2.75, 3.05) is 0 Å². The first-order chi connectivity index (χ1) is 13.4. The second kappa shape index (κ2) is 6.96. The summed E-state index contributed by atoms with van der Waals surface area (Å²) >= 11 is 0. The molecule has 0 aliphatic heterocycles. The molecule has 0 aliphatic rings. The number of hydrogen-bond acceptors (Lipinski definition) is 2. The molecule has 4 aromatic rings. The highest BCUT2D eigenvalue weighted by Crippen LogP contribution is 2.31. The van der Waals surface area contributed by atoms with E-state index in [4.69, 9.17) is 0 Å². The second-order valence-electron chi connectivity index (χ2n) is 6.41. The van der Waals surface area contributed by atoms with Crippen molar-refractivity contribution in [1.82, 2.24) is 9.55 Å². The summed E-state index contributed by atoms with van der Waals surface area (Å²) in [6.07, 6.45) is -4.52. The smallest absolute Gasteiger partial charge is 0.288 e. The molecule has 0 spiro atoms. The molecule has 0 fully saturated rings. The number of aromatic nitrogens is 2. The Kier molecular flexibility index (Phi) is 4.47. The molecule has 0 N–H and O–H groups in total. The third-order valence-corrected chi connectivity index (χ3v) is 4.50. The average molecular weight is 380 g/mol. The van der Waals surface area contributed by atoms with Crippen LogP contribution in [0.15, 0.2) is 83.7 Å². The van der Waals surface area contributed by atoms with Crippen molar-refractivity contribution in [3.63, 3.8) is 0 Å². The van der Waals surface area contributed by atoms with E-state index in [-0.39, 0.29) is 17.4 Å². The van der Waals surface area contributed by atoms with Crippen LogP contribution in [0, 0.1) is 0 Å². The van der Waals surface area contributed by atoms with E-state index in [0.717, 1.165) is 23.3 Å². The number of halogens is 3. The summed E-state index contributed by atoms with van der Waals surface area (Å²) in [4.78, 5) is 17.7. The molecule has 0 saturated heterocycles. The number of benzene rings is 3. The normalized spacial score (nSPS) is 11.7. The second-order valence-corrected chi connectivity index (χ2v) is 6.41. The van der Waals surface area contributed by atoms with Gasteiger partial charge in [0.2, 0.25) is 0 Å². The van der Waals surface area contributed by atoms with E-state index in [1.165, 1.54) is 10.6 Å². The van der Waals surface area contributed by atoms with Gasteiger partial charge in [0, 0.05) is 5.56 Å². The molecule has 0 saturated carbocycles. The molecule has 4 rings (SSSR count). The highest BCUT2D eigenvalue weighted by molar-refractivity contribution is 5.80. The SMILES string of the molecule is O=c1c2cc(C(F)(F)F)ccc2nc(-c2ccccc2)n1Cc1ccccc1. The minimum absolute atomic E-state index is 0.0505. The minimum Gasteiger partial charge on any atom is -0.288 e. The van der Waals surface area contributed by atoms with Gasteiger partial charge in [0.15, 0.2) is 0 Å². The van der Waals surface area contributed by atoms with Crippen molar-refractivity contribution in [3.8, 4) is 11.4 Å². The third kappa shape index (κ3) is 3.41. The maximum absolute atomic E-state index is 13.2. The predicted octanol–water partition coefficient (Wildman–Crippen LogP) is 5.13. The molecular weight excluding hydrogens is 365 g/mol. The molecular formula is C22H15F3N2O. The third-order valence-electron chi connectivity index (χ3n) is 4.50. The summed E-state index contributed by atoms with van der Waals surface area (Å²) in [6.45, 7) is 0.211. The fourth-order valence-corrected chi connectivity index (χ4v) is 3.12. The van der Waals surface area contributed by atoms with Gasteiger partial charge in [-0.3, -0.25) is 9.36 Å². The first-order valence-corrected chi connectivity index (χ1v) is 8.64. The van der Waals surface area contributed by atoms with Gasteiger partial charge >= 0.3 is 6.18 Å². The van der Waals surface area contributed by atoms with E-state index >= 15 is 0 Å². The zero-order valence-corrected chi connectivity index (χ0v) is 14.6. The molecule has 28 heavy (non-hydrogen) atoms. The molecule has 140 valence electrons. The monoisotopic (exact) mass is 380 g/mol. The van der Waals surface area contributed by atoms with E-state index in [9.17, 15) is 18.0 Å². The number of fused-ring (bicyclic) bond motifs is 1. The molecule has 0 aliphatic carbocycles. The van der Waals surface area contributed by atoms with Crippen LogP contribution in [-0.2, 0) is 12.7 Å². The number of rotatable bonds is 3. The van der Waals surface area contributed by atoms with Gasteiger partial charge < -0.3 is 0 Å². The number of alkyl halides is 3. The van der Waals surface area contributed by atoms with Crippen molar-refractivity contribution in [3.05, 3.63) is 100 Å². The molecule has 3 aromatic carbocycles. The summed E-state index contributed by atoms with van der Waals surface area (Å²) in [5.41, 5.74) is 0.449. The Labute approximate surface area is 158 Å². The Balaban J connectivity index is 1.98. The van der Waals surface area contributed by atoms with Crippen LogP contribution in [0.25, 0.3) is 22.3 Å². The first-order valence-electron chi connectivity index (χ1n) is 8.64. The van der Waals surface area contributed by atoms with Crippen LogP contribution in [0.5, 0.6) is 0 Å². The summed E-state index contributed by atoms with van der Waals surface area (Å²) < 4.78 is 40.8. The Bertz CT molecular complexity index is 1180. The van der Waals surface area contributed by atoms with Crippen LogP contribution in [-0.4, -0.2) is 9.55 Å². The van der Waals surface area contributed by atoms with Gasteiger partial charge in [-0.25, -0.2) is 4.98 Å². The molecule has 3 nitrogen and oxygen atoms in total. The van der Waals surface area contributed by atoms with Crippen molar-refractivity contribution in [2.24, 2.45) is 0 Å². The molecule has 1 aromatic heterocycles. The van der Waals surface area contributed by atoms with Crippen LogP contribution in [0.1, 0.15) is 11.1 Å². The molecule has 0 amide bonds. The maximum Gasteiger partial charge on any atom is 0.416 e. The Morgan fingerprint density at radius 1 is 0.857 bits per heavy atom. The zero-order valence-electron chi connectivity index (χ0n) is 14.6. The van der Waals surface area contributed by atoms with E-state index in [2.05, 4.69) is 4.98 Å². The molecule has 0 bridgehead atoms. The largest absolute Gasteiger partial charge is 0.416 e. The molecule has 0 atom stereocenters. The van der Waals surface area contributed by atoms with Gasteiger partial charge in [-0.2, -0.15) is 13.2 Å². The van der Waals surface area contributed by atoms with E-state index in [1.54, 1.807) is 0 Å². The number of hydrogen-bond donors (Lipinski definition) is 0. The Morgan fingerprint density at radius 2 is 1.50 bits per heavy atom. The van der Waals surface area contributed by atoms with E-state index in [1.807, 2.05) is 60.7 Å². The van der Waals surface area contributed by atoms with Crippen molar-refractivity contribution >= 4 is 10.9 Å². The lowest BCUT2D eigenvalue weighted by Crippen LogP contribution is -2.24. The average Bonchev–Trinajstić information content (AvgIpc) is 2.70. The molecule has 0 unspecified atom stereocenters. The van der Waals surface area contributed by atoms with Crippen molar-refractivity contribution in [2.45, 2.75) is 12.7 Å². The van der Waals surface area contributed by atoms with Gasteiger partial charge in [0.05, 0.1) is 23.0 Å². The summed E-state index contributed by atoms with van der Waals surface area (Å²) in [6, 6.07) is 21.5. The first kappa shape index (κ1) is 18.0. The molecule has 1 heterocycles. The summed E-state index contributed by atoms with van der Waals surface area (Å²) in [5.74, 6) is 0.418. The van der Waals surface area contributed by atoms with Crippen LogP contribution in [0.3, 0.4) is 0 Å². The lowest BCUT2D eigenvalue weighted by Gasteiger charge is -2.15. The number of nitrogens with zero attached hydrogens (tertiary/aromatic N) is 2. The highest BCUT2D eigenvalue weighted by Gasteiger charge is 2.31. The van der Waals surface area contributed by atoms with Crippen molar-refractivity contribution < 1.29 is 13.2 Å². The van der Waals surface area contributed by atoms with Gasteiger partial charge in [0.1, 0.15) is 5.82 Å². The quantitative estimate of drug-likeness (QED) is 0.494. The maximum atomic E-state index is 13.2. The zero-order chi connectivity index (χ0) is 19.7. The predicted molar refractivity (Wildman–Crippen MR) is 102 cm³/mol. The fraction of sp³-hybridized carbons (Fsp3) is 0.0909. The van der Waals surface area contributed by atoms with Gasteiger partial charge in [-0.1, -0.05) is 60.7 Å².